The molecule has 0 aromatic heterocycles. The number of carboxylic acid groups (broad SMARTS) is 1. The molecule has 0 saturated heterocycles. The topological polar surface area (TPSA) is 95.9 Å². The van der Waals surface area contributed by atoms with Gasteiger partial charge < -0.3 is 20.1 Å². The van der Waals surface area contributed by atoms with E-state index in [1.807, 2.05) is 17.9 Å². The number of carbonyl (C=O) groups is 3. The monoisotopic (exact) mass is 422 g/mol. The van der Waals surface area contributed by atoms with E-state index in [0.717, 1.165) is 17.7 Å². The Hall–Kier alpha value is -3.61. The van der Waals surface area contributed by atoms with Crippen molar-refractivity contribution in [1.82, 2.24) is 5.32 Å². The van der Waals surface area contributed by atoms with Crippen molar-refractivity contribution in [2.24, 2.45) is 0 Å². The van der Waals surface area contributed by atoms with Gasteiger partial charge in [-0.3, -0.25) is 4.79 Å². The van der Waals surface area contributed by atoms with Crippen LogP contribution in [-0.4, -0.2) is 42.6 Å². The molecule has 2 N–H and O–H groups in total. The number of amides is 1. The van der Waals surface area contributed by atoms with Crippen molar-refractivity contribution < 1.29 is 24.2 Å². The lowest BCUT2D eigenvalue weighted by atomic mass is 10.1. The first-order valence-electron chi connectivity index (χ1n) is 10.1. The van der Waals surface area contributed by atoms with E-state index < -0.39 is 11.9 Å². The largest absolute Gasteiger partial charge is 0.478 e. The van der Waals surface area contributed by atoms with E-state index in [1.165, 1.54) is 13.2 Å². The van der Waals surface area contributed by atoms with Gasteiger partial charge in [0, 0.05) is 23.8 Å². The van der Waals surface area contributed by atoms with E-state index in [1.54, 1.807) is 30.3 Å². The lowest BCUT2D eigenvalue weighted by molar-refractivity contribution is 0.0600. The number of nitrogens with one attached hydrogen (secondary N) is 1. The molecule has 1 heterocycles. The van der Waals surface area contributed by atoms with Crippen molar-refractivity contribution in [3.05, 3.63) is 76.5 Å². The molecular weight excluding hydrogens is 396 g/mol. The third-order valence-electron chi connectivity index (χ3n) is 5.37. The summed E-state index contributed by atoms with van der Waals surface area (Å²) in [6.07, 6.45) is 3.47. The zero-order valence-electron chi connectivity index (χ0n) is 17.8. The molecule has 3 rings (SSSR count). The van der Waals surface area contributed by atoms with Gasteiger partial charge in [-0.15, -0.1) is 0 Å². The van der Waals surface area contributed by atoms with Gasteiger partial charge >= 0.3 is 11.9 Å². The quantitative estimate of drug-likeness (QED) is 0.662. The second-order valence-corrected chi connectivity index (χ2v) is 7.54. The molecular formula is C24H26N2O5. The van der Waals surface area contributed by atoms with E-state index in [2.05, 4.69) is 18.3 Å². The molecule has 1 atom stereocenters. The fourth-order valence-corrected chi connectivity index (χ4v) is 3.76. The van der Waals surface area contributed by atoms with Crippen LogP contribution in [0.1, 0.15) is 56.9 Å². The first-order valence-corrected chi connectivity index (χ1v) is 10.1. The van der Waals surface area contributed by atoms with Crippen LogP contribution < -0.4 is 10.2 Å². The van der Waals surface area contributed by atoms with Gasteiger partial charge in [-0.05, 0) is 62.6 Å². The van der Waals surface area contributed by atoms with Gasteiger partial charge in [0.25, 0.3) is 5.91 Å². The Labute approximate surface area is 181 Å². The summed E-state index contributed by atoms with van der Waals surface area (Å²) in [6.45, 7) is 4.39. The number of esters is 1. The summed E-state index contributed by atoms with van der Waals surface area (Å²) in [7, 11) is 1.34. The standard InChI is InChI=1S/C24H26N2O5/c1-15-7-8-16(2)26(15)21-14-18(9-10-20(21)24(30)31-3)22(27)25-12-11-17-5-4-6-19(13-17)23(28)29/h4-7,9-10,13-14,16H,8,11-12H2,1-3H3,(H,25,27)(H,28,29). The van der Waals surface area contributed by atoms with E-state index in [0.29, 0.717) is 29.8 Å². The van der Waals surface area contributed by atoms with Gasteiger partial charge in [0.2, 0.25) is 0 Å². The van der Waals surface area contributed by atoms with E-state index in [-0.39, 0.29) is 17.5 Å². The molecule has 1 aliphatic rings. The second-order valence-electron chi connectivity index (χ2n) is 7.54. The predicted octanol–water partition coefficient (Wildman–Crippen LogP) is 3.65. The van der Waals surface area contributed by atoms with Crippen LogP contribution in [0.5, 0.6) is 0 Å². The first-order chi connectivity index (χ1) is 14.8. The Bertz CT molecular complexity index is 1040. The number of carboxylic acids is 1. The van der Waals surface area contributed by atoms with Crippen LogP contribution in [0.15, 0.2) is 54.2 Å². The first kappa shape index (κ1) is 22.1. The summed E-state index contributed by atoms with van der Waals surface area (Å²) < 4.78 is 4.92. The molecule has 2 aromatic carbocycles. The minimum Gasteiger partial charge on any atom is -0.478 e. The maximum atomic E-state index is 12.7. The minimum absolute atomic E-state index is 0.170. The number of aromatic carboxylic acids is 1. The lowest BCUT2D eigenvalue weighted by Crippen LogP contribution is -2.30. The maximum absolute atomic E-state index is 12.7. The minimum atomic E-state index is -0.982. The molecule has 0 radical (unpaired) electrons. The van der Waals surface area contributed by atoms with Gasteiger partial charge in [0.1, 0.15) is 0 Å². The van der Waals surface area contributed by atoms with Crippen LogP contribution in [0.4, 0.5) is 5.69 Å². The smallest absolute Gasteiger partial charge is 0.339 e. The van der Waals surface area contributed by atoms with Gasteiger partial charge in [-0.1, -0.05) is 18.2 Å². The molecule has 1 amide bonds. The molecule has 1 unspecified atom stereocenters. The number of anilines is 1. The average molecular weight is 422 g/mol. The van der Waals surface area contributed by atoms with Crippen LogP contribution in [0.2, 0.25) is 0 Å². The number of carbonyl (C=O) groups excluding carboxylic acids is 2. The van der Waals surface area contributed by atoms with E-state index in [9.17, 15) is 14.4 Å². The Morgan fingerprint density at radius 3 is 2.58 bits per heavy atom. The molecule has 0 spiro atoms. The van der Waals surface area contributed by atoms with E-state index >= 15 is 0 Å². The third-order valence-corrected chi connectivity index (χ3v) is 5.37. The number of nitrogens with zero attached hydrogens (tertiary/aromatic N) is 1. The van der Waals surface area contributed by atoms with E-state index in [4.69, 9.17) is 9.84 Å². The molecule has 2 aromatic rings. The highest BCUT2D eigenvalue weighted by Crippen LogP contribution is 2.33. The molecule has 0 saturated carbocycles. The number of hydrogen-bond acceptors (Lipinski definition) is 5. The Kier molecular flexibility index (Phi) is 6.74. The zero-order valence-corrected chi connectivity index (χ0v) is 17.8. The molecule has 31 heavy (non-hydrogen) atoms. The van der Waals surface area contributed by atoms with Crippen molar-refractivity contribution in [3.63, 3.8) is 0 Å². The van der Waals surface area contributed by atoms with Crippen molar-refractivity contribution in [2.75, 3.05) is 18.6 Å². The molecule has 0 fully saturated rings. The normalized spacial score (nSPS) is 15.4. The summed E-state index contributed by atoms with van der Waals surface area (Å²) in [4.78, 5) is 38.2. The Balaban J connectivity index is 1.76. The van der Waals surface area contributed by atoms with Crippen LogP contribution in [-0.2, 0) is 11.2 Å². The number of hydrogen-bond donors (Lipinski definition) is 2. The van der Waals surface area contributed by atoms with Crippen LogP contribution in [0, 0.1) is 0 Å². The number of rotatable bonds is 7. The van der Waals surface area contributed by atoms with Gasteiger partial charge in [0.05, 0.1) is 23.9 Å². The van der Waals surface area contributed by atoms with Gasteiger partial charge in [-0.25, -0.2) is 9.59 Å². The number of allylic oxidation sites excluding steroid dienone is 1. The van der Waals surface area contributed by atoms with Crippen molar-refractivity contribution >= 4 is 23.5 Å². The van der Waals surface area contributed by atoms with Gasteiger partial charge in [0.15, 0.2) is 0 Å². The van der Waals surface area contributed by atoms with Gasteiger partial charge in [-0.2, -0.15) is 0 Å². The van der Waals surface area contributed by atoms with Crippen LogP contribution in [0.25, 0.3) is 0 Å². The molecule has 0 bridgehead atoms. The number of benzene rings is 2. The number of ether oxygens (including phenoxy) is 1. The highest BCUT2D eigenvalue weighted by atomic mass is 16.5. The molecule has 0 aliphatic carbocycles. The summed E-state index contributed by atoms with van der Waals surface area (Å²) in [6, 6.07) is 11.7. The number of methoxy groups -OCH3 is 1. The average Bonchev–Trinajstić information content (AvgIpc) is 3.10. The summed E-state index contributed by atoms with van der Waals surface area (Å²) >= 11 is 0. The molecule has 7 nitrogen and oxygen atoms in total. The van der Waals surface area contributed by atoms with Crippen molar-refractivity contribution in [2.45, 2.75) is 32.7 Å². The second kappa shape index (κ2) is 9.47. The zero-order chi connectivity index (χ0) is 22.5. The Morgan fingerprint density at radius 1 is 1.16 bits per heavy atom. The van der Waals surface area contributed by atoms with Crippen molar-refractivity contribution in [1.29, 1.82) is 0 Å². The lowest BCUT2D eigenvalue weighted by Gasteiger charge is -2.28. The predicted molar refractivity (Wildman–Crippen MR) is 118 cm³/mol. The molecule has 1 aliphatic heterocycles. The highest BCUT2D eigenvalue weighted by Gasteiger charge is 2.26. The summed E-state index contributed by atoms with van der Waals surface area (Å²) in [5.74, 6) is -1.70. The molecule has 7 heteroatoms. The molecule has 162 valence electrons. The summed E-state index contributed by atoms with van der Waals surface area (Å²) in [5, 5.41) is 12.0. The van der Waals surface area contributed by atoms with Crippen LogP contribution in [0.3, 0.4) is 0 Å². The fraction of sp³-hybridized carbons (Fsp3) is 0.292. The maximum Gasteiger partial charge on any atom is 0.339 e. The highest BCUT2D eigenvalue weighted by molar-refractivity contribution is 6.01. The van der Waals surface area contributed by atoms with Crippen molar-refractivity contribution in [3.8, 4) is 0 Å². The fourth-order valence-electron chi connectivity index (χ4n) is 3.76. The SMILES string of the molecule is COC(=O)c1ccc(C(=O)NCCc2cccc(C(=O)O)c2)cc1N1C(C)=CCC1C. The van der Waals surface area contributed by atoms with Crippen LogP contribution >= 0.6 is 0 Å². The summed E-state index contributed by atoms with van der Waals surface area (Å²) in [5.41, 5.74) is 3.56. The third kappa shape index (κ3) is 4.94. The Morgan fingerprint density at radius 2 is 1.94 bits per heavy atom.